The summed E-state index contributed by atoms with van der Waals surface area (Å²) in [5, 5.41) is 2.74. The fourth-order valence-corrected chi connectivity index (χ4v) is 3.41. The summed E-state index contributed by atoms with van der Waals surface area (Å²) in [5.74, 6) is -1.00. The van der Waals surface area contributed by atoms with Crippen LogP contribution in [0.5, 0.6) is 11.5 Å². The molecular formula is C21H20F3N3O3. The maximum Gasteiger partial charge on any atom is 0.449 e. The van der Waals surface area contributed by atoms with Gasteiger partial charge >= 0.3 is 6.18 Å². The first-order chi connectivity index (χ1) is 14.3. The molecule has 30 heavy (non-hydrogen) atoms. The molecule has 0 fully saturated rings. The minimum atomic E-state index is -4.72. The molecule has 0 spiro atoms. The van der Waals surface area contributed by atoms with Crippen LogP contribution in [0.25, 0.3) is 11.0 Å². The van der Waals surface area contributed by atoms with Crippen molar-refractivity contribution < 1.29 is 27.4 Å². The van der Waals surface area contributed by atoms with E-state index in [9.17, 15) is 18.0 Å². The van der Waals surface area contributed by atoms with Crippen LogP contribution < -0.4 is 14.8 Å². The number of alkyl halides is 3. The van der Waals surface area contributed by atoms with Gasteiger partial charge in [0.15, 0.2) is 11.5 Å². The molecule has 1 amide bonds. The molecule has 2 heterocycles. The molecule has 158 valence electrons. The number of aromatic nitrogens is 2. The third-order valence-electron chi connectivity index (χ3n) is 4.85. The number of amides is 1. The molecule has 2 aromatic carbocycles. The highest BCUT2D eigenvalue weighted by Crippen LogP contribution is 2.37. The van der Waals surface area contributed by atoms with Gasteiger partial charge in [-0.3, -0.25) is 4.79 Å². The zero-order chi connectivity index (χ0) is 21.3. The van der Waals surface area contributed by atoms with Gasteiger partial charge in [-0.05, 0) is 12.5 Å². The second kappa shape index (κ2) is 7.89. The van der Waals surface area contributed by atoms with Gasteiger partial charge in [-0.15, -0.1) is 0 Å². The Morgan fingerprint density at radius 1 is 1.17 bits per heavy atom. The zero-order valence-electron chi connectivity index (χ0n) is 16.2. The summed E-state index contributed by atoms with van der Waals surface area (Å²) in [6.07, 6.45) is -4.05. The molecule has 1 unspecified atom stereocenters. The topological polar surface area (TPSA) is 65.4 Å². The van der Waals surface area contributed by atoms with Crippen molar-refractivity contribution in [3.63, 3.8) is 0 Å². The van der Waals surface area contributed by atoms with Crippen molar-refractivity contribution in [1.82, 2.24) is 14.9 Å². The standard InChI is InChI=1S/C21H20F3N3O3/c1-13(14-6-3-2-4-7-14)25-19(28)12-27-16-11-18-17(29-8-5-9-30-18)10-15(16)26-20(27)21(22,23)24/h2-4,6-7,10-11,13H,5,8-9,12H2,1H3,(H,25,28). The van der Waals surface area contributed by atoms with Crippen LogP contribution in [-0.4, -0.2) is 28.7 Å². The maximum absolute atomic E-state index is 13.6. The average Bonchev–Trinajstić information content (AvgIpc) is 2.90. The van der Waals surface area contributed by atoms with Crippen LogP contribution in [-0.2, 0) is 17.5 Å². The number of nitrogens with zero attached hydrogens (tertiary/aromatic N) is 2. The van der Waals surface area contributed by atoms with Crippen LogP contribution in [0.2, 0.25) is 0 Å². The molecule has 9 heteroatoms. The van der Waals surface area contributed by atoms with Crippen molar-refractivity contribution in [3.05, 3.63) is 53.9 Å². The molecule has 3 aromatic rings. The van der Waals surface area contributed by atoms with Crippen LogP contribution >= 0.6 is 0 Å². The van der Waals surface area contributed by atoms with E-state index in [0.29, 0.717) is 31.1 Å². The molecule has 4 rings (SSSR count). The summed E-state index contributed by atoms with van der Waals surface area (Å²) in [6.45, 7) is 2.05. The van der Waals surface area contributed by atoms with Gasteiger partial charge in [-0.25, -0.2) is 4.98 Å². The highest BCUT2D eigenvalue weighted by molar-refractivity contribution is 5.84. The number of carbonyl (C=O) groups excluding carboxylic acids is 1. The van der Waals surface area contributed by atoms with Crippen LogP contribution in [0.3, 0.4) is 0 Å². The number of carbonyl (C=O) groups is 1. The Kier molecular flexibility index (Phi) is 5.27. The van der Waals surface area contributed by atoms with Gasteiger partial charge in [0.25, 0.3) is 0 Å². The molecule has 0 saturated heterocycles. The molecular weight excluding hydrogens is 399 g/mol. The predicted molar refractivity (Wildman–Crippen MR) is 103 cm³/mol. The van der Waals surface area contributed by atoms with E-state index in [1.807, 2.05) is 30.3 Å². The van der Waals surface area contributed by atoms with Crippen LogP contribution in [0.4, 0.5) is 13.2 Å². The molecule has 1 aliphatic heterocycles. The van der Waals surface area contributed by atoms with Crippen molar-refractivity contribution in [2.24, 2.45) is 0 Å². The molecule has 1 aromatic heterocycles. The zero-order valence-corrected chi connectivity index (χ0v) is 16.2. The minimum absolute atomic E-state index is 0.0930. The van der Waals surface area contributed by atoms with E-state index in [4.69, 9.17) is 9.47 Å². The molecule has 6 nitrogen and oxygen atoms in total. The normalized spacial score (nSPS) is 14.9. The third kappa shape index (κ3) is 4.05. The number of rotatable bonds is 4. The number of hydrogen-bond acceptors (Lipinski definition) is 4. The Bertz CT molecular complexity index is 1060. The number of nitrogens with one attached hydrogen (secondary N) is 1. The van der Waals surface area contributed by atoms with Gasteiger partial charge in [0, 0.05) is 18.6 Å². The monoisotopic (exact) mass is 419 g/mol. The van der Waals surface area contributed by atoms with Crippen molar-refractivity contribution >= 4 is 16.9 Å². The summed E-state index contributed by atoms with van der Waals surface area (Å²) in [5.41, 5.74) is 1.11. The van der Waals surface area contributed by atoms with Gasteiger partial charge < -0.3 is 19.4 Å². The lowest BCUT2D eigenvalue weighted by Crippen LogP contribution is -2.31. The van der Waals surface area contributed by atoms with E-state index in [2.05, 4.69) is 10.3 Å². The quantitative estimate of drug-likeness (QED) is 0.692. The van der Waals surface area contributed by atoms with Crippen LogP contribution in [0.15, 0.2) is 42.5 Å². The van der Waals surface area contributed by atoms with E-state index in [1.165, 1.54) is 12.1 Å². The predicted octanol–water partition coefficient (Wildman–Crippen LogP) is 4.09. The van der Waals surface area contributed by atoms with Crippen LogP contribution in [0, 0.1) is 0 Å². The number of imidazole rings is 1. The molecule has 0 aliphatic carbocycles. The highest BCUT2D eigenvalue weighted by atomic mass is 19.4. The van der Waals surface area contributed by atoms with E-state index >= 15 is 0 Å². The van der Waals surface area contributed by atoms with E-state index in [0.717, 1.165) is 10.1 Å². The SMILES string of the molecule is CC(NC(=O)Cn1c(C(F)(F)F)nc2cc3c(cc21)OCCCO3)c1ccccc1. The van der Waals surface area contributed by atoms with Gasteiger partial charge in [-0.1, -0.05) is 30.3 Å². The molecule has 0 radical (unpaired) electrons. The molecule has 0 saturated carbocycles. The first kappa shape index (κ1) is 20.1. The summed E-state index contributed by atoms with van der Waals surface area (Å²) in [4.78, 5) is 16.3. The molecule has 1 N–H and O–H groups in total. The first-order valence-electron chi connectivity index (χ1n) is 9.54. The third-order valence-corrected chi connectivity index (χ3v) is 4.85. The number of hydrogen-bond donors (Lipinski definition) is 1. The van der Waals surface area contributed by atoms with Gasteiger partial charge in [0.05, 0.1) is 30.3 Å². The average molecular weight is 419 g/mol. The van der Waals surface area contributed by atoms with Crippen LogP contribution in [0.1, 0.15) is 30.8 Å². The number of fused-ring (bicyclic) bond motifs is 2. The number of benzene rings is 2. The summed E-state index contributed by atoms with van der Waals surface area (Å²) in [7, 11) is 0. The van der Waals surface area contributed by atoms with Gasteiger partial charge in [-0.2, -0.15) is 13.2 Å². The first-order valence-corrected chi connectivity index (χ1v) is 9.54. The van der Waals surface area contributed by atoms with E-state index in [1.54, 1.807) is 6.92 Å². The van der Waals surface area contributed by atoms with Crippen molar-refractivity contribution in [2.45, 2.75) is 32.1 Å². The summed E-state index contributed by atoms with van der Waals surface area (Å²) in [6, 6.07) is 11.7. The minimum Gasteiger partial charge on any atom is -0.489 e. The Labute approximate surface area is 170 Å². The largest absolute Gasteiger partial charge is 0.489 e. The Morgan fingerprint density at radius 2 is 1.83 bits per heavy atom. The number of halogens is 3. The Morgan fingerprint density at radius 3 is 2.50 bits per heavy atom. The fraction of sp³-hybridized carbons (Fsp3) is 0.333. The lowest BCUT2D eigenvalue weighted by molar-refractivity contribution is -0.147. The summed E-state index contributed by atoms with van der Waals surface area (Å²) < 4.78 is 52.9. The van der Waals surface area contributed by atoms with Crippen molar-refractivity contribution in [3.8, 4) is 11.5 Å². The second-order valence-electron chi connectivity index (χ2n) is 7.06. The summed E-state index contributed by atoms with van der Waals surface area (Å²) >= 11 is 0. The molecule has 1 aliphatic rings. The van der Waals surface area contributed by atoms with Gasteiger partial charge in [0.2, 0.25) is 11.7 Å². The van der Waals surface area contributed by atoms with Crippen molar-refractivity contribution in [1.29, 1.82) is 0 Å². The molecule has 1 atom stereocenters. The lowest BCUT2D eigenvalue weighted by atomic mass is 10.1. The highest BCUT2D eigenvalue weighted by Gasteiger charge is 2.38. The fourth-order valence-electron chi connectivity index (χ4n) is 3.41. The van der Waals surface area contributed by atoms with Crippen molar-refractivity contribution in [2.75, 3.05) is 13.2 Å². The van der Waals surface area contributed by atoms with Gasteiger partial charge in [0.1, 0.15) is 6.54 Å². The maximum atomic E-state index is 13.6. The lowest BCUT2D eigenvalue weighted by Gasteiger charge is -2.16. The Hall–Kier alpha value is -3.23. The number of ether oxygens (including phenoxy) is 2. The Balaban J connectivity index is 1.67. The molecule has 0 bridgehead atoms. The van der Waals surface area contributed by atoms with E-state index in [-0.39, 0.29) is 17.1 Å². The second-order valence-corrected chi connectivity index (χ2v) is 7.06. The smallest absolute Gasteiger partial charge is 0.449 e. The van der Waals surface area contributed by atoms with E-state index < -0.39 is 24.5 Å².